The van der Waals surface area contributed by atoms with E-state index in [-0.39, 0.29) is 0 Å². The van der Waals surface area contributed by atoms with Gasteiger partial charge in [0, 0.05) is 29.5 Å². The first-order valence-electron chi connectivity index (χ1n) is 6.63. The van der Waals surface area contributed by atoms with Crippen molar-refractivity contribution in [3.05, 3.63) is 54.6 Å². The van der Waals surface area contributed by atoms with Gasteiger partial charge in [0.15, 0.2) is 0 Å². The van der Waals surface area contributed by atoms with Crippen LogP contribution < -0.4 is 0 Å². The van der Waals surface area contributed by atoms with Crippen LogP contribution in [0.3, 0.4) is 0 Å². The van der Waals surface area contributed by atoms with E-state index < -0.39 is 0 Å². The Kier molecular flexibility index (Phi) is 2.79. The third kappa shape index (κ3) is 2.11. The lowest BCUT2D eigenvalue weighted by atomic mass is 10.2. The molecule has 0 saturated heterocycles. The van der Waals surface area contributed by atoms with Crippen LogP contribution in [0, 0.1) is 6.92 Å². The van der Waals surface area contributed by atoms with Crippen LogP contribution >= 0.6 is 11.3 Å². The maximum Gasteiger partial charge on any atom is 0.137 e. The Morgan fingerprint density at radius 3 is 2.90 bits per heavy atom. The second-order valence-electron chi connectivity index (χ2n) is 4.79. The monoisotopic (exact) mass is 292 g/mol. The van der Waals surface area contributed by atoms with Gasteiger partial charge < -0.3 is 4.98 Å². The molecule has 0 bridgehead atoms. The molecule has 4 aromatic rings. The second-order valence-corrected chi connectivity index (χ2v) is 5.79. The minimum Gasteiger partial charge on any atom is -0.346 e. The number of H-pyrrole nitrogens is 1. The van der Waals surface area contributed by atoms with Gasteiger partial charge in [-0.2, -0.15) is 0 Å². The standard InChI is InChI=1S/C16H12N4S/c1-10-14(13-5-4-11-6-8-18-15(11)20-13)21-16(19-10)12-3-2-7-17-9-12/h2-9H,1H3,(H,18,20). The highest BCUT2D eigenvalue weighted by Crippen LogP contribution is 2.34. The van der Waals surface area contributed by atoms with Crippen LogP contribution in [-0.2, 0) is 0 Å². The summed E-state index contributed by atoms with van der Waals surface area (Å²) in [6, 6.07) is 10.1. The van der Waals surface area contributed by atoms with Crippen LogP contribution in [0.5, 0.6) is 0 Å². The molecule has 5 heteroatoms. The molecule has 0 amide bonds. The summed E-state index contributed by atoms with van der Waals surface area (Å²) in [5.74, 6) is 0. The van der Waals surface area contributed by atoms with E-state index in [1.54, 1.807) is 17.5 Å². The number of nitrogens with zero attached hydrogens (tertiary/aromatic N) is 3. The molecule has 0 aliphatic carbocycles. The summed E-state index contributed by atoms with van der Waals surface area (Å²) in [6.45, 7) is 2.02. The van der Waals surface area contributed by atoms with E-state index >= 15 is 0 Å². The Labute approximate surface area is 125 Å². The molecule has 0 fully saturated rings. The summed E-state index contributed by atoms with van der Waals surface area (Å²) < 4.78 is 0. The molecular weight excluding hydrogens is 280 g/mol. The molecule has 102 valence electrons. The van der Waals surface area contributed by atoms with Gasteiger partial charge in [-0.1, -0.05) is 0 Å². The van der Waals surface area contributed by atoms with Gasteiger partial charge in [0.25, 0.3) is 0 Å². The molecule has 0 spiro atoms. The molecule has 0 saturated carbocycles. The summed E-state index contributed by atoms with van der Waals surface area (Å²) in [4.78, 5) is 17.7. The summed E-state index contributed by atoms with van der Waals surface area (Å²) in [5.41, 5.74) is 3.90. The minimum atomic E-state index is 0.906. The minimum absolute atomic E-state index is 0.906. The van der Waals surface area contributed by atoms with E-state index in [9.17, 15) is 0 Å². The van der Waals surface area contributed by atoms with Gasteiger partial charge in [0.2, 0.25) is 0 Å². The van der Waals surface area contributed by atoms with E-state index in [0.29, 0.717) is 0 Å². The molecule has 0 atom stereocenters. The molecule has 0 aliphatic rings. The average molecular weight is 292 g/mol. The van der Waals surface area contributed by atoms with E-state index in [0.717, 1.165) is 37.9 Å². The second kappa shape index (κ2) is 4.79. The lowest BCUT2D eigenvalue weighted by Gasteiger charge is -1.98. The lowest BCUT2D eigenvalue weighted by Crippen LogP contribution is -1.84. The number of rotatable bonds is 2. The molecule has 4 nitrogen and oxygen atoms in total. The molecule has 0 unspecified atom stereocenters. The van der Waals surface area contributed by atoms with E-state index in [1.165, 1.54) is 0 Å². The molecular formula is C16H12N4S. The normalized spacial score (nSPS) is 11.1. The maximum absolute atomic E-state index is 4.67. The largest absolute Gasteiger partial charge is 0.346 e. The van der Waals surface area contributed by atoms with Crippen LogP contribution in [0.2, 0.25) is 0 Å². The smallest absolute Gasteiger partial charge is 0.137 e. The third-order valence-corrected chi connectivity index (χ3v) is 4.58. The predicted molar refractivity (Wildman–Crippen MR) is 85.2 cm³/mol. The highest BCUT2D eigenvalue weighted by Gasteiger charge is 2.13. The molecule has 4 aromatic heterocycles. The van der Waals surface area contributed by atoms with Gasteiger partial charge in [0.1, 0.15) is 10.7 Å². The topological polar surface area (TPSA) is 54.5 Å². The number of thiazole rings is 1. The maximum atomic E-state index is 4.67. The zero-order valence-corrected chi connectivity index (χ0v) is 12.2. The molecule has 4 rings (SSSR count). The van der Waals surface area contributed by atoms with Crippen LogP contribution in [0.25, 0.3) is 32.2 Å². The summed E-state index contributed by atoms with van der Waals surface area (Å²) in [6.07, 6.45) is 5.51. The molecule has 0 aromatic carbocycles. The van der Waals surface area contributed by atoms with Crippen molar-refractivity contribution in [2.75, 3.05) is 0 Å². The fourth-order valence-corrected chi connectivity index (χ4v) is 3.33. The Morgan fingerprint density at radius 2 is 2.05 bits per heavy atom. The van der Waals surface area contributed by atoms with Crippen LogP contribution in [0.4, 0.5) is 0 Å². The number of hydrogen-bond acceptors (Lipinski definition) is 4. The SMILES string of the molecule is Cc1nc(-c2cccnc2)sc1-c1ccc2cc[nH]c2n1. The zero-order chi connectivity index (χ0) is 14.2. The molecule has 0 aliphatic heterocycles. The van der Waals surface area contributed by atoms with Crippen molar-refractivity contribution >= 4 is 22.4 Å². The van der Waals surface area contributed by atoms with Crippen LogP contribution in [0.15, 0.2) is 48.9 Å². The summed E-state index contributed by atoms with van der Waals surface area (Å²) >= 11 is 1.65. The average Bonchev–Trinajstić information content (AvgIpc) is 3.13. The van der Waals surface area contributed by atoms with Crippen molar-refractivity contribution < 1.29 is 0 Å². The van der Waals surface area contributed by atoms with E-state index in [1.807, 2.05) is 43.6 Å². The Morgan fingerprint density at radius 1 is 1.10 bits per heavy atom. The van der Waals surface area contributed by atoms with Gasteiger partial charge in [0.05, 0.1) is 16.3 Å². The number of aromatic nitrogens is 4. The van der Waals surface area contributed by atoms with Crippen molar-refractivity contribution in [3.8, 4) is 21.1 Å². The van der Waals surface area contributed by atoms with Crippen molar-refractivity contribution in [3.63, 3.8) is 0 Å². The number of aryl methyl sites for hydroxylation is 1. The Balaban J connectivity index is 1.83. The number of aromatic amines is 1. The third-order valence-electron chi connectivity index (χ3n) is 3.35. The van der Waals surface area contributed by atoms with E-state index in [4.69, 9.17) is 0 Å². The number of nitrogens with one attached hydrogen (secondary N) is 1. The van der Waals surface area contributed by atoms with E-state index in [2.05, 4.69) is 26.0 Å². The van der Waals surface area contributed by atoms with Gasteiger partial charge in [-0.15, -0.1) is 11.3 Å². The quantitative estimate of drug-likeness (QED) is 0.606. The van der Waals surface area contributed by atoms with Crippen molar-refractivity contribution in [2.24, 2.45) is 0 Å². The number of pyridine rings is 2. The Hall–Kier alpha value is -2.53. The van der Waals surface area contributed by atoms with Crippen LogP contribution in [-0.4, -0.2) is 19.9 Å². The Bertz CT molecular complexity index is 908. The first-order valence-corrected chi connectivity index (χ1v) is 7.45. The predicted octanol–water partition coefficient (Wildman–Crippen LogP) is 4.06. The lowest BCUT2D eigenvalue weighted by molar-refractivity contribution is 1.24. The van der Waals surface area contributed by atoms with Crippen LogP contribution in [0.1, 0.15) is 5.69 Å². The summed E-state index contributed by atoms with van der Waals surface area (Å²) in [7, 11) is 0. The van der Waals surface area contributed by atoms with Gasteiger partial charge in [-0.3, -0.25) is 4.98 Å². The van der Waals surface area contributed by atoms with Gasteiger partial charge >= 0.3 is 0 Å². The fraction of sp³-hybridized carbons (Fsp3) is 0.0625. The number of hydrogen-bond donors (Lipinski definition) is 1. The highest BCUT2D eigenvalue weighted by atomic mass is 32.1. The van der Waals surface area contributed by atoms with Gasteiger partial charge in [-0.05, 0) is 37.3 Å². The van der Waals surface area contributed by atoms with Gasteiger partial charge in [-0.25, -0.2) is 9.97 Å². The van der Waals surface area contributed by atoms with Crippen molar-refractivity contribution in [1.82, 2.24) is 19.9 Å². The molecule has 4 heterocycles. The zero-order valence-electron chi connectivity index (χ0n) is 11.4. The first-order chi connectivity index (χ1) is 10.3. The highest BCUT2D eigenvalue weighted by molar-refractivity contribution is 7.18. The molecule has 0 radical (unpaired) electrons. The molecule has 21 heavy (non-hydrogen) atoms. The molecule has 1 N–H and O–H groups in total. The number of fused-ring (bicyclic) bond motifs is 1. The first kappa shape index (κ1) is 12.2. The van der Waals surface area contributed by atoms with Crippen molar-refractivity contribution in [1.29, 1.82) is 0 Å². The fourth-order valence-electron chi connectivity index (χ4n) is 2.30. The summed E-state index contributed by atoms with van der Waals surface area (Å²) in [5, 5.41) is 2.09. The van der Waals surface area contributed by atoms with Crippen molar-refractivity contribution in [2.45, 2.75) is 6.92 Å².